The van der Waals surface area contributed by atoms with Crippen LogP contribution in [0.15, 0.2) is 18.2 Å². The molecule has 0 aliphatic carbocycles. The molecule has 2 aromatic rings. The van der Waals surface area contributed by atoms with Gasteiger partial charge in [0.1, 0.15) is 5.75 Å². The van der Waals surface area contributed by atoms with Crippen molar-refractivity contribution in [3.63, 3.8) is 0 Å². The zero-order valence-corrected chi connectivity index (χ0v) is 14.2. The summed E-state index contributed by atoms with van der Waals surface area (Å²) in [6.07, 6.45) is 1.13. The van der Waals surface area contributed by atoms with Gasteiger partial charge in [-0.15, -0.1) is 11.3 Å². The third kappa shape index (κ3) is 4.16. The van der Waals surface area contributed by atoms with E-state index in [1.165, 1.54) is 11.3 Å². The van der Waals surface area contributed by atoms with Gasteiger partial charge in [-0.2, -0.15) is 0 Å². The van der Waals surface area contributed by atoms with Crippen molar-refractivity contribution in [2.45, 2.75) is 13.5 Å². The van der Waals surface area contributed by atoms with Crippen LogP contribution in [0, 0.1) is 6.92 Å². The van der Waals surface area contributed by atoms with Gasteiger partial charge in [0.05, 0.1) is 29.1 Å². The van der Waals surface area contributed by atoms with Crippen molar-refractivity contribution in [3.8, 4) is 17.0 Å². The third-order valence-electron chi connectivity index (χ3n) is 2.72. The van der Waals surface area contributed by atoms with Gasteiger partial charge in [0.15, 0.2) is 0 Å². The fourth-order valence-corrected chi connectivity index (χ4v) is 3.48. The third-order valence-corrected chi connectivity index (χ3v) is 4.66. The molecule has 1 N–H and O–H groups in total. The molecule has 0 spiro atoms. The Bertz CT molecular complexity index is 757. The van der Waals surface area contributed by atoms with Gasteiger partial charge in [0.25, 0.3) is 0 Å². The summed E-state index contributed by atoms with van der Waals surface area (Å²) in [7, 11) is -1.70. The molecule has 0 amide bonds. The minimum Gasteiger partial charge on any atom is -0.495 e. The standard InChI is InChI=1S/C13H15ClN2O3S2/c1-8-16-13(12(20-8)7-15-21(3,17)18)9-4-5-11(19-2)10(14)6-9/h4-6,15H,7H2,1-3H3. The molecule has 5 nitrogen and oxygen atoms in total. The number of aromatic nitrogens is 1. The lowest BCUT2D eigenvalue weighted by atomic mass is 10.1. The Labute approximate surface area is 133 Å². The van der Waals surface area contributed by atoms with Gasteiger partial charge in [-0.25, -0.2) is 18.1 Å². The minimum atomic E-state index is -3.25. The molecule has 0 bridgehead atoms. The van der Waals surface area contributed by atoms with E-state index in [1.54, 1.807) is 19.2 Å². The molecule has 0 saturated heterocycles. The van der Waals surface area contributed by atoms with Crippen LogP contribution in [0.25, 0.3) is 11.3 Å². The molecule has 0 radical (unpaired) electrons. The number of nitrogens with zero attached hydrogens (tertiary/aromatic N) is 1. The van der Waals surface area contributed by atoms with Crippen LogP contribution in [0.5, 0.6) is 5.75 Å². The summed E-state index contributed by atoms with van der Waals surface area (Å²) in [5, 5.41) is 1.35. The quantitative estimate of drug-likeness (QED) is 0.903. The predicted molar refractivity (Wildman–Crippen MR) is 85.5 cm³/mol. The van der Waals surface area contributed by atoms with Gasteiger partial charge < -0.3 is 4.74 Å². The monoisotopic (exact) mass is 346 g/mol. The van der Waals surface area contributed by atoms with Gasteiger partial charge in [0, 0.05) is 17.0 Å². The van der Waals surface area contributed by atoms with E-state index < -0.39 is 10.0 Å². The molecule has 0 fully saturated rings. The first-order valence-electron chi connectivity index (χ1n) is 6.05. The van der Waals surface area contributed by atoms with Crippen LogP contribution in [0.2, 0.25) is 5.02 Å². The maximum absolute atomic E-state index is 11.2. The maximum Gasteiger partial charge on any atom is 0.209 e. The summed E-state index contributed by atoms with van der Waals surface area (Å²) in [5.41, 5.74) is 1.56. The van der Waals surface area contributed by atoms with Crippen LogP contribution in [0.1, 0.15) is 9.88 Å². The largest absolute Gasteiger partial charge is 0.495 e. The topological polar surface area (TPSA) is 68.3 Å². The molecule has 114 valence electrons. The van der Waals surface area contributed by atoms with E-state index >= 15 is 0 Å². The van der Waals surface area contributed by atoms with Crippen LogP contribution < -0.4 is 9.46 Å². The Kier molecular flexibility index (Phi) is 4.88. The van der Waals surface area contributed by atoms with Crippen molar-refractivity contribution in [1.82, 2.24) is 9.71 Å². The molecular weight excluding hydrogens is 332 g/mol. The second kappa shape index (κ2) is 6.31. The number of ether oxygens (including phenoxy) is 1. The van der Waals surface area contributed by atoms with Crippen molar-refractivity contribution in [3.05, 3.63) is 33.1 Å². The highest BCUT2D eigenvalue weighted by Crippen LogP contribution is 2.33. The van der Waals surface area contributed by atoms with E-state index in [-0.39, 0.29) is 6.54 Å². The van der Waals surface area contributed by atoms with Crippen LogP contribution in [-0.4, -0.2) is 26.8 Å². The SMILES string of the molecule is COc1ccc(-c2nc(C)sc2CNS(C)(=O)=O)cc1Cl. The molecule has 0 unspecified atom stereocenters. The van der Waals surface area contributed by atoms with E-state index in [0.29, 0.717) is 10.8 Å². The normalized spacial score (nSPS) is 11.6. The molecule has 21 heavy (non-hydrogen) atoms. The number of rotatable bonds is 5. The van der Waals surface area contributed by atoms with Crippen molar-refractivity contribution in [1.29, 1.82) is 0 Å². The number of halogens is 1. The molecule has 0 saturated carbocycles. The molecule has 8 heteroatoms. The Morgan fingerprint density at radius 3 is 2.71 bits per heavy atom. The highest BCUT2D eigenvalue weighted by atomic mass is 35.5. The number of methoxy groups -OCH3 is 1. The summed E-state index contributed by atoms with van der Waals surface area (Å²) in [4.78, 5) is 5.31. The van der Waals surface area contributed by atoms with Crippen molar-refractivity contribution in [2.75, 3.05) is 13.4 Å². The Balaban J connectivity index is 2.37. The molecule has 0 aliphatic rings. The number of benzene rings is 1. The van der Waals surface area contributed by atoms with E-state index in [4.69, 9.17) is 16.3 Å². The Morgan fingerprint density at radius 2 is 2.14 bits per heavy atom. The Hall–Kier alpha value is -1.15. The van der Waals surface area contributed by atoms with Crippen molar-refractivity contribution in [2.24, 2.45) is 0 Å². The number of hydrogen-bond donors (Lipinski definition) is 1. The summed E-state index contributed by atoms with van der Waals surface area (Å²) < 4.78 is 30.1. The fraction of sp³-hybridized carbons (Fsp3) is 0.308. The zero-order chi connectivity index (χ0) is 15.6. The van der Waals surface area contributed by atoms with Gasteiger partial charge in [-0.05, 0) is 25.1 Å². The van der Waals surface area contributed by atoms with Crippen LogP contribution in [-0.2, 0) is 16.6 Å². The lowest BCUT2D eigenvalue weighted by Crippen LogP contribution is -2.20. The fourth-order valence-electron chi connectivity index (χ4n) is 1.82. The van der Waals surface area contributed by atoms with Crippen LogP contribution >= 0.6 is 22.9 Å². The molecule has 1 aromatic heterocycles. The molecule has 1 aromatic carbocycles. The van der Waals surface area contributed by atoms with Crippen molar-refractivity contribution >= 4 is 33.0 Å². The van der Waals surface area contributed by atoms with Crippen molar-refractivity contribution < 1.29 is 13.2 Å². The number of aryl methyl sites for hydroxylation is 1. The van der Waals surface area contributed by atoms with E-state index in [2.05, 4.69) is 9.71 Å². The summed E-state index contributed by atoms with van der Waals surface area (Å²) in [5.74, 6) is 0.586. The summed E-state index contributed by atoms with van der Waals surface area (Å²) in [6.45, 7) is 2.09. The lowest BCUT2D eigenvalue weighted by Gasteiger charge is -2.06. The van der Waals surface area contributed by atoms with E-state index in [9.17, 15) is 8.42 Å². The van der Waals surface area contributed by atoms with Gasteiger partial charge >= 0.3 is 0 Å². The molecule has 0 atom stereocenters. The van der Waals surface area contributed by atoms with Gasteiger partial charge in [-0.1, -0.05) is 11.6 Å². The van der Waals surface area contributed by atoms with Gasteiger partial charge in [-0.3, -0.25) is 0 Å². The Morgan fingerprint density at radius 1 is 1.43 bits per heavy atom. The second-order valence-corrected chi connectivity index (χ2v) is 7.98. The van der Waals surface area contributed by atoms with Crippen LogP contribution in [0.4, 0.5) is 0 Å². The highest BCUT2D eigenvalue weighted by molar-refractivity contribution is 7.88. The molecule has 2 rings (SSSR count). The maximum atomic E-state index is 11.2. The van der Waals surface area contributed by atoms with Gasteiger partial charge in [0.2, 0.25) is 10.0 Å². The molecule has 1 heterocycles. The van der Waals surface area contributed by atoms with E-state index in [1.807, 2.05) is 13.0 Å². The number of thiazole rings is 1. The minimum absolute atomic E-state index is 0.212. The zero-order valence-electron chi connectivity index (χ0n) is 11.8. The number of nitrogens with one attached hydrogen (secondary N) is 1. The predicted octanol–water partition coefficient (Wildman–Crippen LogP) is 2.83. The average molecular weight is 347 g/mol. The summed E-state index contributed by atoms with van der Waals surface area (Å²) in [6, 6.07) is 5.38. The second-order valence-electron chi connectivity index (χ2n) is 4.45. The first-order chi connectivity index (χ1) is 9.80. The first kappa shape index (κ1) is 16.2. The first-order valence-corrected chi connectivity index (χ1v) is 9.13. The molecule has 0 aliphatic heterocycles. The number of hydrogen-bond acceptors (Lipinski definition) is 5. The number of sulfonamides is 1. The molecular formula is C13H15ClN2O3S2. The lowest BCUT2D eigenvalue weighted by molar-refractivity contribution is 0.415. The van der Waals surface area contributed by atoms with E-state index in [0.717, 1.165) is 27.4 Å². The smallest absolute Gasteiger partial charge is 0.209 e. The average Bonchev–Trinajstić information content (AvgIpc) is 2.77. The van der Waals surface area contributed by atoms with Crippen LogP contribution in [0.3, 0.4) is 0 Å². The summed E-state index contributed by atoms with van der Waals surface area (Å²) >= 11 is 7.58. The highest BCUT2D eigenvalue weighted by Gasteiger charge is 2.14.